The summed E-state index contributed by atoms with van der Waals surface area (Å²) in [4.78, 5) is 86.0. The van der Waals surface area contributed by atoms with E-state index >= 15 is 4.79 Å². The van der Waals surface area contributed by atoms with Crippen LogP contribution in [0.25, 0.3) is 0 Å². The number of fused-ring (bicyclic) bond motifs is 5. The number of amides is 1. The zero-order valence-electron chi connectivity index (χ0n) is 37.6. The maximum absolute atomic E-state index is 15.5. The van der Waals surface area contributed by atoms with Crippen molar-refractivity contribution in [2.75, 3.05) is 6.61 Å². The van der Waals surface area contributed by atoms with Gasteiger partial charge in [-0.1, -0.05) is 74.5 Å². The minimum atomic E-state index is -2.27. The molecule has 1 amide bonds. The molecule has 0 aromatic heterocycles. The van der Waals surface area contributed by atoms with Gasteiger partial charge in [-0.05, 0) is 77.3 Å². The van der Waals surface area contributed by atoms with Crippen LogP contribution >= 0.6 is 0 Å². The number of rotatable bonds is 7. The van der Waals surface area contributed by atoms with Crippen molar-refractivity contribution in [3.05, 3.63) is 95.1 Å². The van der Waals surface area contributed by atoms with Crippen LogP contribution in [0.4, 0.5) is 4.79 Å². The van der Waals surface area contributed by atoms with Gasteiger partial charge >= 0.3 is 30.0 Å². The van der Waals surface area contributed by atoms with Crippen molar-refractivity contribution in [2.45, 2.75) is 142 Å². The van der Waals surface area contributed by atoms with Crippen molar-refractivity contribution < 1.29 is 67.0 Å². The standard InChI is InChI=1S/C48H57NO14/c1-26-31(59-41(54)36-34(29-18-14-12-15-19-29)49(45(9,10)62-36)42(55)63-43(4,5)6)24-48(56)39(60-40(53)30-20-16-13-17-21-30)37-46(11,23-22-32-47(37,25-57-32)61-28(3)51)38(52)35(58-27(2)50)33(26)44(48,7)8/h12-23,31-32,34-37,39,56H,24-25H2,1-11H3/t31-,32+,34-,35+,36+,37-,39-,46+,47-,48+/m0/s1. The number of Topliss-reactive ketones (excluding diaryl/α,β-unsaturated/α-hetero) is 1. The summed E-state index contributed by atoms with van der Waals surface area (Å²) >= 11 is 0. The number of carbonyl (C=O) groups excluding carboxylic acids is 6. The molecule has 2 saturated heterocycles. The smallest absolute Gasteiger partial charge is 0.413 e. The van der Waals surface area contributed by atoms with Gasteiger partial charge in [0.1, 0.15) is 41.3 Å². The van der Waals surface area contributed by atoms with Gasteiger partial charge in [0.15, 0.2) is 23.6 Å². The Morgan fingerprint density at radius 1 is 0.857 bits per heavy atom. The number of hydrogen-bond acceptors (Lipinski definition) is 14. The Labute approximate surface area is 367 Å². The first-order valence-corrected chi connectivity index (χ1v) is 21.2. The van der Waals surface area contributed by atoms with E-state index in [1.807, 2.05) is 0 Å². The molecule has 2 heterocycles. The molecule has 2 aliphatic heterocycles. The van der Waals surface area contributed by atoms with Crippen LogP contribution in [0, 0.1) is 16.7 Å². The van der Waals surface area contributed by atoms with Crippen LogP contribution in [0.5, 0.6) is 0 Å². The predicted molar refractivity (Wildman–Crippen MR) is 223 cm³/mol. The Morgan fingerprint density at radius 2 is 1.48 bits per heavy atom. The van der Waals surface area contributed by atoms with E-state index in [9.17, 15) is 29.1 Å². The summed E-state index contributed by atoms with van der Waals surface area (Å²) in [6.07, 6.45) is -5.06. The molecule has 0 spiro atoms. The van der Waals surface area contributed by atoms with Crippen molar-refractivity contribution >= 4 is 35.8 Å². The molecule has 63 heavy (non-hydrogen) atoms. The normalized spacial score (nSPS) is 33.9. The first-order valence-electron chi connectivity index (χ1n) is 21.2. The van der Waals surface area contributed by atoms with E-state index in [-0.39, 0.29) is 17.7 Å². The second-order valence-corrected chi connectivity index (χ2v) is 19.4. The first-order chi connectivity index (χ1) is 29.3. The molecule has 2 aromatic rings. The maximum Gasteiger partial charge on any atom is 0.413 e. The summed E-state index contributed by atoms with van der Waals surface area (Å²) in [6, 6.07) is 15.8. The van der Waals surface area contributed by atoms with Crippen molar-refractivity contribution in [3.8, 4) is 0 Å². The van der Waals surface area contributed by atoms with Gasteiger partial charge in [-0.25, -0.2) is 14.4 Å². The van der Waals surface area contributed by atoms with Crippen LogP contribution in [-0.2, 0) is 52.3 Å². The average molecular weight is 872 g/mol. The Morgan fingerprint density at radius 3 is 2.03 bits per heavy atom. The van der Waals surface area contributed by atoms with E-state index in [1.165, 1.54) is 24.0 Å². The highest BCUT2D eigenvalue weighted by Gasteiger charge is 2.75. The monoisotopic (exact) mass is 871 g/mol. The van der Waals surface area contributed by atoms with Crippen LogP contribution in [0.3, 0.4) is 0 Å². The van der Waals surface area contributed by atoms with Gasteiger partial charge in [0.25, 0.3) is 0 Å². The van der Waals surface area contributed by atoms with E-state index in [0.29, 0.717) is 11.1 Å². The van der Waals surface area contributed by atoms with Crippen molar-refractivity contribution in [2.24, 2.45) is 16.7 Å². The molecule has 15 nitrogen and oxygen atoms in total. The lowest BCUT2D eigenvalue weighted by molar-refractivity contribution is -0.306. The Balaban J connectivity index is 1.41. The van der Waals surface area contributed by atoms with Gasteiger partial charge in [-0.2, -0.15) is 0 Å². The summed E-state index contributed by atoms with van der Waals surface area (Å²) in [5, 5.41) is 13.8. The van der Waals surface area contributed by atoms with Crippen LogP contribution in [0.15, 0.2) is 84.0 Å². The fourth-order valence-electron chi connectivity index (χ4n) is 10.5. The topological polar surface area (TPSA) is 190 Å². The molecule has 15 heteroatoms. The molecule has 5 aliphatic rings. The van der Waals surface area contributed by atoms with Gasteiger partial charge in [-0.15, -0.1) is 0 Å². The zero-order chi connectivity index (χ0) is 46.2. The summed E-state index contributed by atoms with van der Waals surface area (Å²) in [7, 11) is 0. The molecular weight excluding hydrogens is 815 g/mol. The molecular formula is C48H57NO14. The van der Waals surface area contributed by atoms with Crippen molar-refractivity contribution in [1.82, 2.24) is 4.90 Å². The number of allylic oxidation sites excluding steroid dienone is 1. The lowest BCUT2D eigenvalue weighted by Gasteiger charge is -2.65. The largest absolute Gasteiger partial charge is 0.456 e. The third kappa shape index (κ3) is 7.55. The highest BCUT2D eigenvalue weighted by Crippen LogP contribution is 2.63. The predicted octanol–water partition coefficient (Wildman–Crippen LogP) is 6.12. The van der Waals surface area contributed by atoms with E-state index < -0.39 is 118 Å². The SMILES string of the molecule is CC(=O)O[C@H]1C(=O)[C@]2(C)C=C[C@H]3OC[C@@]3(OC(C)=O)[C@H]2[C@H](OC(=O)c2ccccc2)[C@]2(O)C[C@H](OC(=O)[C@@H]3OC(C)(C)N(C(=O)OC(C)(C)C)[C@H]3c3ccccc3)C(C)=C1C2(C)C. The van der Waals surface area contributed by atoms with Gasteiger partial charge in [0.05, 0.1) is 23.5 Å². The minimum Gasteiger partial charge on any atom is -0.456 e. The third-order valence-electron chi connectivity index (χ3n) is 13.4. The second kappa shape index (κ2) is 15.7. The minimum absolute atomic E-state index is 0.124. The summed E-state index contributed by atoms with van der Waals surface area (Å²) in [5.74, 6) is -5.31. The molecule has 10 atom stereocenters. The molecule has 1 N–H and O–H groups in total. The number of ether oxygens (including phenoxy) is 7. The molecule has 0 radical (unpaired) electrons. The van der Waals surface area contributed by atoms with Gasteiger partial charge < -0.3 is 38.3 Å². The van der Waals surface area contributed by atoms with Crippen LogP contribution in [0.2, 0.25) is 0 Å². The van der Waals surface area contributed by atoms with Crippen LogP contribution < -0.4 is 0 Å². The summed E-state index contributed by atoms with van der Waals surface area (Å²) < 4.78 is 43.1. The number of nitrogens with zero attached hydrogens (tertiary/aromatic N) is 1. The summed E-state index contributed by atoms with van der Waals surface area (Å²) in [5.41, 5.74) is -8.42. The fraction of sp³-hybridized carbons (Fsp3) is 0.542. The van der Waals surface area contributed by atoms with Crippen LogP contribution in [0.1, 0.15) is 105 Å². The average Bonchev–Trinajstić information content (AvgIpc) is 3.48. The number of esters is 4. The quantitative estimate of drug-likeness (QED) is 0.190. The Bertz CT molecular complexity index is 2260. The van der Waals surface area contributed by atoms with E-state index in [0.717, 1.165) is 6.92 Å². The molecule has 3 aliphatic carbocycles. The molecule has 2 bridgehead atoms. The molecule has 338 valence electrons. The van der Waals surface area contributed by atoms with Gasteiger partial charge in [0.2, 0.25) is 0 Å². The van der Waals surface area contributed by atoms with E-state index in [4.69, 9.17) is 33.2 Å². The number of benzene rings is 2. The molecule has 7 rings (SSSR count). The zero-order valence-corrected chi connectivity index (χ0v) is 37.6. The van der Waals surface area contributed by atoms with Gasteiger partial charge in [-0.3, -0.25) is 19.3 Å². The maximum atomic E-state index is 15.5. The molecule has 0 unspecified atom stereocenters. The van der Waals surface area contributed by atoms with E-state index in [1.54, 1.807) is 123 Å². The Kier molecular flexibility index (Phi) is 11.4. The lowest BCUT2D eigenvalue weighted by atomic mass is 9.46. The molecule has 1 saturated carbocycles. The third-order valence-corrected chi connectivity index (χ3v) is 13.4. The number of hydrogen-bond donors (Lipinski definition) is 1. The number of carbonyl (C=O) groups is 6. The second-order valence-electron chi connectivity index (χ2n) is 19.4. The fourth-order valence-corrected chi connectivity index (χ4v) is 10.5. The lowest BCUT2D eigenvalue weighted by Crippen LogP contribution is -2.78. The van der Waals surface area contributed by atoms with Crippen LogP contribution in [-0.4, -0.2) is 105 Å². The van der Waals surface area contributed by atoms with Crippen molar-refractivity contribution in [3.63, 3.8) is 0 Å². The highest BCUT2D eigenvalue weighted by molar-refractivity contribution is 5.96. The first kappa shape index (κ1) is 45.6. The number of aliphatic hydroxyl groups is 1. The summed E-state index contributed by atoms with van der Waals surface area (Å²) in [6.45, 7) is 17.0. The van der Waals surface area contributed by atoms with Gasteiger partial charge in [0, 0.05) is 25.7 Å². The van der Waals surface area contributed by atoms with E-state index in [2.05, 4.69) is 0 Å². The highest BCUT2D eigenvalue weighted by atomic mass is 16.6. The van der Waals surface area contributed by atoms with Crippen molar-refractivity contribution in [1.29, 1.82) is 0 Å². The molecule has 2 aromatic carbocycles. The molecule has 3 fully saturated rings. The number of ketones is 1. The Hall–Kier alpha value is -5.38.